The first-order chi connectivity index (χ1) is 16.1. The first kappa shape index (κ1) is 21.1. The fourth-order valence-corrected chi connectivity index (χ4v) is 4.91. The zero-order chi connectivity index (χ0) is 22.8. The summed E-state index contributed by atoms with van der Waals surface area (Å²) < 4.78 is 0. The lowest BCUT2D eigenvalue weighted by atomic mass is 9.89. The van der Waals surface area contributed by atoms with Crippen LogP contribution in [-0.4, -0.2) is 36.1 Å². The molecule has 0 atom stereocenters. The van der Waals surface area contributed by atoms with Crippen LogP contribution in [0.5, 0.6) is 0 Å². The maximum absolute atomic E-state index is 12.2. The third-order valence-electron chi connectivity index (χ3n) is 6.63. The molecule has 0 bridgehead atoms. The first-order valence-electron chi connectivity index (χ1n) is 11.3. The number of fused-ring (bicyclic) bond motifs is 1. The summed E-state index contributed by atoms with van der Waals surface area (Å²) in [4.78, 5) is 30.5. The Hall–Kier alpha value is -3.80. The molecule has 166 valence electrons. The van der Waals surface area contributed by atoms with Crippen LogP contribution >= 0.6 is 0 Å². The lowest BCUT2D eigenvalue weighted by Crippen LogP contribution is -2.34. The molecule has 2 heterocycles. The summed E-state index contributed by atoms with van der Waals surface area (Å²) in [5, 5.41) is 12.0. The summed E-state index contributed by atoms with van der Waals surface area (Å²) in [7, 11) is 0. The van der Waals surface area contributed by atoms with Crippen molar-refractivity contribution in [3.63, 3.8) is 0 Å². The third-order valence-corrected chi connectivity index (χ3v) is 6.63. The predicted octanol–water partition coefficient (Wildman–Crippen LogP) is 5.09. The number of anilines is 1. The van der Waals surface area contributed by atoms with E-state index >= 15 is 0 Å². The maximum Gasteiger partial charge on any atom is 0.293 e. The molecule has 6 heteroatoms. The average molecular weight is 440 g/mol. The van der Waals surface area contributed by atoms with E-state index in [1.807, 2.05) is 36.4 Å². The van der Waals surface area contributed by atoms with Crippen LogP contribution in [0.25, 0.3) is 0 Å². The highest BCUT2D eigenvalue weighted by Crippen LogP contribution is 2.34. The van der Waals surface area contributed by atoms with E-state index in [1.165, 1.54) is 5.56 Å². The van der Waals surface area contributed by atoms with E-state index in [0.29, 0.717) is 28.4 Å². The van der Waals surface area contributed by atoms with Gasteiger partial charge in [-0.3, -0.25) is 19.9 Å². The van der Waals surface area contributed by atoms with Crippen LogP contribution in [-0.2, 0) is 6.42 Å². The Labute approximate surface area is 192 Å². The Bertz CT molecular complexity index is 1230. The molecule has 3 aromatic rings. The van der Waals surface area contributed by atoms with Gasteiger partial charge in [-0.25, -0.2) is 0 Å². The van der Waals surface area contributed by atoms with Gasteiger partial charge in [0.05, 0.1) is 10.6 Å². The number of carbonyl (C=O) groups excluding carboxylic acids is 1. The van der Waals surface area contributed by atoms with Gasteiger partial charge in [-0.05, 0) is 36.8 Å². The van der Waals surface area contributed by atoms with E-state index in [2.05, 4.69) is 34.2 Å². The lowest BCUT2D eigenvalue weighted by Gasteiger charge is -2.33. The van der Waals surface area contributed by atoms with Crippen molar-refractivity contribution in [2.75, 3.05) is 24.5 Å². The minimum atomic E-state index is -0.310. The Morgan fingerprint density at radius 2 is 1.64 bits per heavy atom. The second-order valence-electron chi connectivity index (χ2n) is 8.71. The van der Waals surface area contributed by atoms with Crippen LogP contribution in [0.3, 0.4) is 0 Å². The topological polar surface area (TPSA) is 75.8 Å². The number of ketones is 1. The molecular weight excluding hydrogens is 414 g/mol. The Morgan fingerprint density at radius 3 is 2.36 bits per heavy atom. The summed E-state index contributed by atoms with van der Waals surface area (Å²) in [6.07, 6.45) is 3.07. The quantitative estimate of drug-likeness (QED) is 0.410. The van der Waals surface area contributed by atoms with Crippen LogP contribution < -0.4 is 4.90 Å². The minimum Gasteiger partial charge on any atom is -0.366 e. The molecule has 2 aliphatic heterocycles. The second-order valence-corrected chi connectivity index (χ2v) is 8.71. The van der Waals surface area contributed by atoms with Gasteiger partial charge in [0.15, 0.2) is 5.78 Å². The molecule has 5 rings (SSSR count). The molecule has 0 unspecified atom stereocenters. The molecule has 6 nitrogen and oxygen atoms in total. The van der Waals surface area contributed by atoms with Crippen LogP contribution in [0.4, 0.5) is 11.4 Å². The molecule has 2 aliphatic rings. The predicted molar refractivity (Wildman–Crippen MR) is 129 cm³/mol. The summed E-state index contributed by atoms with van der Waals surface area (Å²) >= 11 is 0. The molecule has 0 N–H and O–H groups in total. The minimum absolute atomic E-state index is 0.0288. The van der Waals surface area contributed by atoms with E-state index in [0.717, 1.165) is 37.9 Å². The molecule has 0 amide bonds. The smallest absolute Gasteiger partial charge is 0.293 e. The van der Waals surface area contributed by atoms with Crippen molar-refractivity contribution in [2.45, 2.75) is 19.3 Å². The SMILES string of the molecule is O=C1CN=C(c2ccc(N3CCC(Cc4ccccc4)CC3)c([N+](=O)[O-])c2)c2ccccc21. The molecular formula is C27H25N3O3. The molecule has 0 radical (unpaired) electrons. The highest BCUT2D eigenvalue weighted by atomic mass is 16.6. The highest BCUT2D eigenvalue weighted by Gasteiger charge is 2.27. The van der Waals surface area contributed by atoms with E-state index in [1.54, 1.807) is 12.1 Å². The van der Waals surface area contributed by atoms with Gasteiger partial charge in [0.25, 0.3) is 5.69 Å². The number of carbonyl (C=O) groups is 1. The highest BCUT2D eigenvalue weighted by molar-refractivity contribution is 6.22. The average Bonchev–Trinajstić information content (AvgIpc) is 2.85. The fourth-order valence-electron chi connectivity index (χ4n) is 4.91. The van der Waals surface area contributed by atoms with Crippen molar-refractivity contribution in [2.24, 2.45) is 10.9 Å². The number of nitrogens with zero attached hydrogens (tertiary/aromatic N) is 3. The number of piperidine rings is 1. The van der Waals surface area contributed by atoms with Gasteiger partial charge in [0.1, 0.15) is 12.2 Å². The molecule has 33 heavy (non-hydrogen) atoms. The van der Waals surface area contributed by atoms with Gasteiger partial charge in [0, 0.05) is 35.8 Å². The van der Waals surface area contributed by atoms with Crippen molar-refractivity contribution >= 4 is 22.9 Å². The van der Waals surface area contributed by atoms with E-state index in [9.17, 15) is 14.9 Å². The molecule has 1 fully saturated rings. The normalized spacial score (nSPS) is 16.3. The summed E-state index contributed by atoms with van der Waals surface area (Å²) in [6.45, 7) is 1.67. The maximum atomic E-state index is 12.2. The molecule has 1 saturated heterocycles. The summed E-state index contributed by atoms with van der Waals surface area (Å²) in [5.74, 6) is 0.562. The van der Waals surface area contributed by atoms with Crippen molar-refractivity contribution in [3.8, 4) is 0 Å². The molecule has 0 saturated carbocycles. The van der Waals surface area contributed by atoms with Gasteiger partial charge in [0.2, 0.25) is 0 Å². The van der Waals surface area contributed by atoms with Crippen molar-refractivity contribution in [1.29, 1.82) is 0 Å². The third kappa shape index (κ3) is 4.29. The number of Topliss-reactive ketones (excluding diaryl/α,β-unsaturated/α-hetero) is 1. The van der Waals surface area contributed by atoms with Gasteiger partial charge < -0.3 is 4.90 Å². The largest absolute Gasteiger partial charge is 0.366 e. The van der Waals surface area contributed by atoms with Crippen LogP contribution in [0.1, 0.15) is 39.9 Å². The molecule has 0 spiro atoms. The lowest BCUT2D eigenvalue weighted by molar-refractivity contribution is -0.384. The van der Waals surface area contributed by atoms with E-state index < -0.39 is 0 Å². The van der Waals surface area contributed by atoms with Crippen molar-refractivity contribution in [3.05, 3.63) is 105 Å². The fraction of sp³-hybridized carbons (Fsp3) is 0.259. The molecule has 0 aliphatic carbocycles. The van der Waals surface area contributed by atoms with Crippen molar-refractivity contribution in [1.82, 2.24) is 0 Å². The molecule has 0 aromatic heterocycles. The van der Waals surface area contributed by atoms with E-state index in [-0.39, 0.29) is 22.9 Å². The number of hydrogen-bond acceptors (Lipinski definition) is 5. The molecule has 3 aromatic carbocycles. The monoisotopic (exact) mass is 439 g/mol. The number of benzene rings is 3. The van der Waals surface area contributed by atoms with Gasteiger partial charge in [-0.1, -0.05) is 60.7 Å². The number of hydrogen-bond donors (Lipinski definition) is 0. The van der Waals surface area contributed by atoms with Crippen molar-refractivity contribution < 1.29 is 9.72 Å². The summed E-state index contributed by atoms with van der Waals surface area (Å²) in [6, 6.07) is 23.2. The number of rotatable bonds is 5. The Morgan fingerprint density at radius 1 is 0.939 bits per heavy atom. The number of nitro groups is 1. The van der Waals surface area contributed by atoms with Crippen LogP contribution in [0, 0.1) is 16.0 Å². The zero-order valence-electron chi connectivity index (χ0n) is 18.3. The van der Waals surface area contributed by atoms with E-state index in [4.69, 9.17) is 0 Å². The van der Waals surface area contributed by atoms with Gasteiger partial charge in [-0.2, -0.15) is 0 Å². The van der Waals surface area contributed by atoms with Gasteiger partial charge >= 0.3 is 0 Å². The number of aliphatic imine (C=N–C) groups is 1. The first-order valence-corrected chi connectivity index (χ1v) is 11.3. The van der Waals surface area contributed by atoms with Gasteiger partial charge in [-0.15, -0.1) is 0 Å². The number of nitro benzene ring substituents is 1. The van der Waals surface area contributed by atoms with Crippen LogP contribution in [0.15, 0.2) is 77.8 Å². The standard InChI is InChI=1S/C27H25N3O3/c31-26-18-28-27(23-9-5-4-8-22(23)26)21-10-11-24(25(17-21)30(32)33)29-14-12-20(13-15-29)16-19-6-2-1-3-7-19/h1-11,17,20H,12-16,18H2. The second kappa shape index (κ2) is 8.98. The zero-order valence-corrected chi connectivity index (χ0v) is 18.3. The van der Waals surface area contributed by atoms with Crippen LogP contribution in [0.2, 0.25) is 0 Å². The Balaban J connectivity index is 1.37. The Kier molecular flexibility index (Phi) is 5.73. The summed E-state index contributed by atoms with van der Waals surface area (Å²) in [5.41, 5.74) is 4.75.